The number of hydrogen-bond donors (Lipinski definition) is 0. The van der Waals surface area contributed by atoms with E-state index in [1.165, 1.54) is 30.5 Å². The van der Waals surface area contributed by atoms with Crippen molar-refractivity contribution < 1.29 is 8.78 Å². The molecule has 2 heterocycles. The minimum absolute atomic E-state index is 0.554. The van der Waals surface area contributed by atoms with Gasteiger partial charge in [-0.3, -0.25) is 0 Å². The van der Waals surface area contributed by atoms with Crippen LogP contribution >= 0.6 is 0 Å². The van der Waals surface area contributed by atoms with Crippen LogP contribution in [0.1, 0.15) is 43.0 Å². The zero-order chi connectivity index (χ0) is 16.5. The first-order valence-corrected chi connectivity index (χ1v) is 8.41. The third-order valence-corrected chi connectivity index (χ3v) is 4.65. The SMILES string of the molecule is Fc1ccc(C=C2CCN(c3ccnc(C4CC4)n3)CC2)cc1F. The van der Waals surface area contributed by atoms with Crippen LogP contribution in [-0.2, 0) is 0 Å². The Labute approximate surface area is 140 Å². The van der Waals surface area contributed by atoms with Crippen LogP contribution in [0.5, 0.6) is 0 Å². The van der Waals surface area contributed by atoms with Gasteiger partial charge in [-0.25, -0.2) is 18.7 Å². The standard InChI is InChI=1S/C19H19F2N3/c20-16-4-1-14(12-17(16)21)11-13-6-9-24(10-7-13)18-5-8-22-19(23-18)15-2-3-15/h1,4-5,8,11-12,15H,2-3,6-7,9-10H2. The molecule has 5 heteroatoms. The Morgan fingerprint density at radius 3 is 2.54 bits per heavy atom. The molecule has 1 saturated heterocycles. The topological polar surface area (TPSA) is 29.0 Å². The van der Waals surface area contributed by atoms with Gasteiger partial charge in [-0.05, 0) is 49.4 Å². The second-order valence-corrected chi connectivity index (χ2v) is 6.51. The smallest absolute Gasteiger partial charge is 0.159 e. The van der Waals surface area contributed by atoms with Crippen molar-refractivity contribution in [1.82, 2.24) is 9.97 Å². The molecule has 2 fully saturated rings. The molecular formula is C19H19F2N3. The largest absolute Gasteiger partial charge is 0.356 e. The van der Waals surface area contributed by atoms with Crippen LogP contribution in [0.4, 0.5) is 14.6 Å². The highest BCUT2D eigenvalue weighted by molar-refractivity contribution is 5.54. The van der Waals surface area contributed by atoms with Crippen molar-refractivity contribution in [1.29, 1.82) is 0 Å². The number of halogens is 2. The summed E-state index contributed by atoms with van der Waals surface area (Å²) in [6.45, 7) is 1.77. The van der Waals surface area contributed by atoms with Crippen LogP contribution in [0.3, 0.4) is 0 Å². The maximum atomic E-state index is 13.3. The van der Waals surface area contributed by atoms with Gasteiger partial charge < -0.3 is 4.90 Å². The van der Waals surface area contributed by atoms with Crippen molar-refractivity contribution in [3.63, 3.8) is 0 Å². The van der Waals surface area contributed by atoms with E-state index in [1.54, 1.807) is 6.07 Å². The molecule has 1 aromatic heterocycles. The Morgan fingerprint density at radius 2 is 1.83 bits per heavy atom. The molecule has 2 aliphatic rings. The molecule has 24 heavy (non-hydrogen) atoms. The van der Waals surface area contributed by atoms with E-state index in [0.29, 0.717) is 5.92 Å². The van der Waals surface area contributed by atoms with Gasteiger partial charge in [0.25, 0.3) is 0 Å². The van der Waals surface area contributed by atoms with Crippen molar-refractivity contribution in [3.8, 4) is 0 Å². The fourth-order valence-electron chi connectivity index (χ4n) is 3.08. The van der Waals surface area contributed by atoms with Crippen LogP contribution in [0.25, 0.3) is 6.08 Å². The average Bonchev–Trinajstić information content (AvgIpc) is 3.44. The third-order valence-electron chi connectivity index (χ3n) is 4.65. The maximum Gasteiger partial charge on any atom is 0.159 e. The fraction of sp³-hybridized carbons (Fsp3) is 0.368. The highest BCUT2D eigenvalue weighted by Gasteiger charge is 2.27. The van der Waals surface area contributed by atoms with Gasteiger partial charge in [0.2, 0.25) is 0 Å². The van der Waals surface area contributed by atoms with Crippen molar-refractivity contribution in [2.75, 3.05) is 18.0 Å². The summed E-state index contributed by atoms with van der Waals surface area (Å²) in [5, 5.41) is 0. The molecule has 0 bridgehead atoms. The molecular weight excluding hydrogens is 308 g/mol. The van der Waals surface area contributed by atoms with Crippen molar-refractivity contribution in [2.45, 2.75) is 31.6 Å². The fourth-order valence-corrected chi connectivity index (χ4v) is 3.08. The summed E-state index contributed by atoms with van der Waals surface area (Å²) >= 11 is 0. The van der Waals surface area contributed by atoms with E-state index in [9.17, 15) is 8.78 Å². The molecule has 0 amide bonds. The number of rotatable bonds is 3. The Kier molecular flexibility index (Phi) is 4.00. The third kappa shape index (κ3) is 3.30. The van der Waals surface area contributed by atoms with Crippen molar-refractivity contribution in [2.24, 2.45) is 0 Å². The average molecular weight is 327 g/mol. The van der Waals surface area contributed by atoms with Crippen molar-refractivity contribution in [3.05, 3.63) is 59.1 Å². The normalized spacial score (nSPS) is 17.9. The summed E-state index contributed by atoms with van der Waals surface area (Å²) in [6, 6.07) is 6.01. The van der Waals surface area contributed by atoms with Gasteiger partial charge in [0.15, 0.2) is 11.6 Å². The molecule has 124 valence electrons. The van der Waals surface area contributed by atoms with Gasteiger partial charge in [-0.1, -0.05) is 17.7 Å². The van der Waals surface area contributed by atoms with E-state index in [-0.39, 0.29) is 0 Å². The van der Waals surface area contributed by atoms with Crippen molar-refractivity contribution >= 4 is 11.9 Å². The first-order valence-electron chi connectivity index (χ1n) is 8.41. The molecule has 0 N–H and O–H groups in total. The summed E-state index contributed by atoms with van der Waals surface area (Å²) < 4.78 is 26.3. The molecule has 3 nitrogen and oxygen atoms in total. The number of aromatic nitrogens is 2. The molecule has 4 rings (SSSR count). The quantitative estimate of drug-likeness (QED) is 0.841. The van der Waals surface area contributed by atoms with E-state index < -0.39 is 11.6 Å². The van der Waals surface area contributed by atoms with Crippen LogP contribution < -0.4 is 4.90 Å². The van der Waals surface area contributed by atoms with E-state index in [1.807, 2.05) is 18.3 Å². The number of hydrogen-bond acceptors (Lipinski definition) is 3. The Morgan fingerprint density at radius 1 is 1.04 bits per heavy atom. The van der Waals surface area contributed by atoms with E-state index in [2.05, 4.69) is 9.88 Å². The zero-order valence-electron chi connectivity index (χ0n) is 13.4. The van der Waals surface area contributed by atoms with Crippen LogP contribution in [0, 0.1) is 11.6 Å². The lowest BCUT2D eigenvalue weighted by Gasteiger charge is -2.29. The van der Waals surface area contributed by atoms with E-state index in [4.69, 9.17) is 4.98 Å². The lowest BCUT2D eigenvalue weighted by atomic mass is 10.0. The maximum absolute atomic E-state index is 13.3. The Hall–Kier alpha value is -2.30. The Bertz CT molecular complexity index is 774. The lowest BCUT2D eigenvalue weighted by molar-refractivity contribution is 0.508. The molecule has 1 aliphatic carbocycles. The molecule has 2 aromatic rings. The van der Waals surface area contributed by atoms with Gasteiger partial charge in [-0.15, -0.1) is 0 Å². The van der Waals surface area contributed by atoms with Gasteiger partial charge in [0, 0.05) is 25.2 Å². The monoisotopic (exact) mass is 327 g/mol. The predicted molar refractivity (Wildman–Crippen MR) is 89.8 cm³/mol. The molecule has 1 aliphatic heterocycles. The van der Waals surface area contributed by atoms with Crippen LogP contribution in [-0.4, -0.2) is 23.1 Å². The predicted octanol–water partition coefficient (Wildman–Crippen LogP) is 4.32. The zero-order valence-corrected chi connectivity index (χ0v) is 13.4. The molecule has 1 saturated carbocycles. The number of nitrogens with zero attached hydrogens (tertiary/aromatic N) is 3. The minimum Gasteiger partial charge on any atom is -0.356 e. The lowest BCUT2D eigenvalue weighted by Crippen LogP contribution is -2.31. The van der Waals surface area contributed by atoms with Gasteiger partial charge >= 0.3 is 0 Å². The number of benzene rings is 1. The molecule has 0 atom stereocenters. The second kappa shape index (κ2) is 6.30. The van der Waals surface area contributed by atoms with Gasteiger partial charge in [-0.2, -0.15) is 0 Å². The highest BCUT2D eigenvalue weighted by atomic mass is 19.2. The minimum atomic E-state index is -0.804. The van der Waals surface area contributed by atoms with Crippen LogP contribution in [0.15, 0.2) is 36.0 Å². The summed E-state index contributed by atoms with van der Waals surface area (Å²) in [6.07, 6.45) is 8.02. The molecule has 1 aromatic carbocycles. The van der Waals surface area contributed by atoms with E-state index in [0.717, 1.165) is 43.1 Å². The molecule has 0 unspecified atom stereocenters. The first-order chi connectivity index (χ1) is 11.7. The van der Waals surface area contributed by atoms with E-state index >= 15 is 0 Å². The second-order valence-electron chi connectivity index (χ2n) is 6.51. The highest BCUT2D eigenvalue weighted by Crippen LogP contribution is 2.38. The first kappa shape index (κ1) is 15.2. The summed E-state index contributed by atoms with van der Waals surface area (Å²) in [5.74, 6) is 0.922. The number of piperidine rings is 1. The van der Waals surface area contributed by atoms with Gasteiger partial charge in [0.1, 0.15) is 11.6 Å². The van der Waals surface area contributed by atoms with Gasteiger partial charge in [0.05, 0.1) is 0 Å². The summed E-state index contributed by atoms with van der Waals surface area (Å²) in [7, 11) is 0. The summed E-state index contributed by atoms with van der Waals surface area (Å²) in [5.41, 5.74) is 1.98. The number of anilines is 1. The summed E-state index contributed by atoms with van der Waals surface area (Å²) in [4.78, 5) is 11.3. The molecule has 0 radical (unpaired) electrons. The van der Waals surface area contributed by atoms with Crippen LogP contribution in [0.2, 0.25) is 0 Å². The Balaban J connectivity index is 1.43. The molecule has 0 spiro atoms.